The van der Waals surface area contributed by atoms with Crippen molar-refractivity contribution in [1.29, 1.82) is 0 Å². The van der Waals surface area contributed by atoms with Gasteiger partial charge in [-0.3, -0.25) is 19.7 Å². The predicted molar refractivity (Wildman–Crippen MR) is 84.7 cm³/mol. The van der Waals surface area contributed by atoms with Gasteiger partial charge in [0.05, 0.1) is 18.7 Å². The first kappa shape index (κ1) is 18.5. The molecule has 1 fully saturated rings. The highest BCUT2D eigenvalue weighted by Crippen LogP contribution is 2.23. The molecule has 3 N–H and O–H groups in total. The zero-order chi connectivity index (χ0) is 18.6. The summed E-state index contributed by atoms with van der Waals surface area (Å²) in [5.74, 6) is -2.06. The minimum atomic E-state index is -1.16. The number of nitrogens with one attached hydrogen (secondary N) is 1. The number of nitrogens with zero attached hydrogens (tertiary/aromatic N) is 1. The summed E-state index contributed by atoms with van der Waals surface area (Å²) in [5.41, 5.74) is 4.91. The topological polar surface area (TPSA) is 132 Å². The molecule has 0 unspecified atom stereocenters. The van der Waals surface area contributed by atoms with Gasteiger partial charge in [-0.2, -0.15) is 0 Å². The van der Waals surface area contributed by atoms with Crippen molar-refractivity contribution < 1.29 is 28.3 Å². The molecule has 4 amide bonds. The molecule has 0 aromatic carbocycles. The summed E-state index contributed by atoms with van der Waals surface area (Å²) < 4.78 is 10.4. The summed E-state index contributed by atoms with van der Waals surface area (Å²) in [5, 5.41) is 1.90. The third-order valence-corrected chi connectivity index (χ3v) is 3.83. The van der Waals surface area contributed by atoms with Gasteiger partial charge >= 0.3 is 12.0 Å². The molecule has 9 heteroatoms. The van der Waals surface area contributed by atoms with Crippen LogP contribution in [-0.4, -0.2) is 41.4 Å². The molecule has 2 rings (SSSR count). The number of carbonyl (C=O) groups excluding carboxylic acids is 4. The van der Waals surface area contributed by atoms with E-state index in [0.717, 1.165) is 0 Å². The van der Waals surface area contributed by atoms with Gasteiger partial charge in [0.25, 0.3) is 5.91 Å². The minimum Gasteiger partial charge on any atom is -0.467 e. The number of hydrogen-bond donors (Lipinski definition) is 2. The van der Waals surface area contributed by atoms with E-state index < -0.39 is 29.9 Å². The standard InChI is InChI=1S/C16H21N3O6/c1-9(2)13(14(21)18-16(17)23)25-15(22)10-6-12(20)19(7-10)8-11-4-3-5-24-11/h3-5,9-10,13H,6-8H2,1-2H3,(H3,17,18,21,23)/t10-,13+/m1/s1. The fourth-order valence-electron chi connectivity index (χ4n) is 2.58. The maximum absolute atomic E-state index is 12.3. The maximum atomic E-state index is 12.3. The number of nitrogens with two attached hydrogens (primary N) is 1. The third-order valence-electron chi connectivity index (χ3n) is 3.83. The number of amides is 4. The Labute approximate surface area is 144 Å². The third kappa shape index (κ3) is 4.82. The second-order valence-corrected chi connectivity index (χ2v) is 6.21. The van der Waals surface area contributed by atoms with Gasteiger partial charge in [0.15, 0.2) is 6.10 Å². The van der Waals surface area contributed by atoms with Crippen molar-refractivity contribution in [2.24, 2.45) is 17.6 Å². The van der Waals surface area contributed by atoms with E-state index in [4.69, 9.17) is 14.9 Å². The lowest BCUT2D eigenvalue weighted by Crippen LogP contribution is -2.46. The Balaban J connectivity index is 1.96. The van der Waals surface area contributed by atoms with E-state index in [1.807, 2.05) is 5.32 Å². The fraction of sp³-hybridized carbons (Fsp3) is 0.500. The molecule has 0 aliphatic carbocycles. The van der Waals surface area contributed by atoms with E-state index >= 15 is 0 Å². The number of imide groups is 1. The van der Waals surface area contributed by atoms with Crippen LogP contribution in [-0.2, 0) is 25.7 Å². The van der Waals surface area contributed by atoms with Crippen LogP contribution < -0.4 is 11.1 Å². The molecule has 136 valence electrons. The van der Waals surface area contributed by atoms with Crippen LogP contribution >= 0.6 is 0 Å². The van der Waals surface area contributed by atoms with Crippen LogP contribution in [0.4, 0.5) is 4.79 Å². The maximum Gasteiger partial charge on any atom is 0.318 e. The van der Waals surface area contributed by atoms with E-state index in [0.29, 0.717) is 5.76 Å². The van der Waals surface area contributed by atoms with Gasteiger partial charge in [-0.05, 0) is 18.1 Å². The highest BCUT2D eigenvalue weighted by Gasteiger charge is 2.38. The van der Waals surface area contributed by atoms with Gasteiger partial charge in [-0.1, -0.05) is 13.8 Å². The summed E-state index contributed by atoms with van der Waals surface area (Å²) in [4.78, 5) is 48.6. The molecular formula is C16H21N3O6. The molecular weight excluding hydrogens is 330 g/mol. The smallest absolute Gasteiger partial charge is 0.318 e. The van der Waals surface area contributed by atoms with Crippen LogP contribution in [0, 0.1) is 11.8 Å². The van der Waals surface area contributed by atoms with Gasteiger partial charge in [-0.25, -0.2) is 4.79 Å². The van der Waals surface area contributed by atoms with Crippen molar-refractivity contribution in [2.75, 3.05) is 6.54 Å². The number of primary amides is 1. The van der Waals surface area contributed by atoms with E-state index in [1.165, 1.54) is 11.2 Å². The van der Waals surface area contributed by atoms with Gasteiger partial charge in [-0.15, -0.1) is 0 Å². The number of furan rings is 1. The Kier molecular flexibility index (Phi) is 5.79. The van der Waals surface area contributed by atoms with Crippen LogP contribution in [0.3, 0.4) is 0 Å². The zero-order valence-corrected chi connectivity index (χ0v) is 14.1. The van der Waals surface area contributed by atoms with Crippen LogP contribution in [0.25, 0.3) is 0 Å². The van der Waals surface area contributed by atoms with E-state index in [1.54, 1.807) is 26.0 Å². The Morgan fingerprint density at radius 2 is 2.16 bits per heavy atom. The molecule has 1 aliphatic heterocycles. The number of esters is 1. The number of ether oxygens (including phenoxy) is 1. The number of hydrogen-bond acceptors (Lipinski definition) is 6. The molecule has 25 heavy (non-hydrogen) atoms. The highest BCUT2D eigenvalue weighted by atomic mass is 16.5. The Morgan fingerprint density at radius 1 is 1.44 bits per heavy atom. The molecule has 2 atom stereocenters. The monoisotopic (exact) mass is 351 g/mol. The van der Waals surface area contributed by atoms with Crippen LogP contribution in [0.15, 0.2) is 22.8 Å². The lowest BCUT2D eigenvalue weighted by atomic mass is 10.1. The first-order chi connectivity index (χ1) is 11.8. The number of urea groups is 1. The molecule has 0 bridgehead atoms. The van der Waals surface area contributed by atoms with Gasteiger partial charge in [0.1, 0.15) is 5.76 Å². The summed E-state index contributed by atoms with van der Waals surface area (Å²) in [6.45, 7) is 3.79. The van der Waals surface area contributed by atoms with Crippen molar-refractivity contribution in [3.05, 3.63) is 24.2 Å². The Hall–Kier alpha value is -2.84. The molecule has 0 radical (unpaired) electrons. The normalized spacial score (nSPS) is 18.3. The molecule has 1 saturated heterocycles. The largest absolute Gasteiger partial charge is 0.467 e. The molecule has 1 aliphatic rings. The lowest BCUT2D eigenvalue weighted by molar-refractivity contribution is -0.162. The van der Waals surface area contributed by atoms with E-state index in [-0.39, 0.29) is 31.3 Å². The average Bonchev–Trinajstić information content (AvgIpc) is 3.14. The number of likely N-dealkylation sites (tertiary alicyclic amines) is 1. The molecule has 1 aromatic heterocycles. The zero-order valence-electron chi connectivity index (χ0n) is 14.1. The van der Waals surface area contributed by atoms with Gasteiger partial charge in [0, 0.05) is 13.0 Å². The SMILES string of the molecule is CC(C)[C@H](OC(=O)[C@@H]1CC(=O)N(Cc2ccco2)C1)C(=O)NC(N)=O. The van der Waals surface area contributed by atoms with Crippen molar-refractivity contribution >= 4 is 23.8 Å². The van der Waals surface area contributed by atoms with Crippen molar-refractivity contribution in [2.45, 2.75) is 32.9 Å². The molecule has 1 aromatic rings. The summed E-state index contributed by atoms with van der Waals surface area (Å²) in [6.07, 6.45) is 0.350. The first-order valence-electron chi connectivity index (χ1n) is 7.89. The second kappa shape index (κ2) is 7.82. The summed E-state index contributed by atoms with van der Waals surface area (Å²) in [6, 6.07) is 2.43. The van der Waals surface area contributed by atoms with Gasteiger partial charge in [0.2, 0.25) is 5.91 Å². The van der Waals surface area contributed by atoms with E-state index in [2.05, 4.69) is 0 Å². The Morgan fingerprint density at radius 3 is 2.72 bits per heavy atom. The second-order valence-electron chi connectivity index (χ2n) is 6.21. The molecule has 0 saturated carbocycles. The molecule has 2 heterocycles. The minimum absolute atomic E-state index is 0.00178. The fourth-order valence-corrected chi connectivity index (χ4v) is 2.58. The molecule has 9 nitrogen and oxygen atoms in total. The van der Waals surface area contributed by atoms with Crippen molar-refractivity contribution in [1.82, 2.24) is 10.2 Å². The average molecular weight is 351 g/mol. The Bertz CT molecular complexity index is 655. The van der Waals surface area contributed by atoms with E-state index in [9.17, 15) is 19.2 Å². The van der Waals surface area contributed by atoms with Gasteiger partial charge < -0.3 is 19.8 Å². The number of rotatable bonds is 6. The van der Waals surface area contributed by atoms with Crippen LogP contribution in [0.5, 0.6) is 0 Å². The van der Waals surface area contributed by atoms with Crippen molar-refractivity contribution in [3.8, 4) is 0 Å². The summed E-state index contributed by atoms with van der Waals surface area (Å²) >= 11 is 0. The lowest BCUT2D eigenvalue weighted by Gasteiger charge is -2.21. The highest BCUT2D eigenvalue weighted by molar-refractivity contribution is 5.97. The summed E-state index contributed by atoms with van der Waals surface area (Å²) in [7, 11) is 0. The quantitative estimate of drug-likeness (QED) is 0.713. The van der Waals surface area contributed by atoms with Crippen molar-refractivity contribution in [3.63, 3.8) is 0 Å². The molecule has 0 spiro atoms. The first-order valence-corrected chi connectivity index (χ1v) is 7.89. The predicted octanol–water partition coefficient (Wildman–Crippen LogP) is 0.391. The number of carbonyl (C=O) groups is 4. The van der Waals surface area contributed by atoms with Crippen LogP contribution in [0.2, 0.25) is 0 Å². The van der Waals surface area contributed by atoms with Crippen LogP contribution in [0.1, 0.15) is 26.0 Å².